The molecule has 0 N–H and O–H groups in total. The van der Waals surface area contributed by atoms with Crippen molar-refractivity contribution in [3.63, 3.8) is 0 Å². The van der Waals surface area contributed by atoms with Crippen LogP contribution in [0.15, 0.2) is 41.4 Å². The van der Waals surface area contributed by atoms with Gasteiger partial charge in [0.1, 0.15) is 0 Å². The largest absolute Gasteiger partial charge is 0.465 e. The van der Waals surface area contributed by atoms with Crippen molar-refractivity contribution < 1.29 is 14.3 Å². The van der Waals surface area contributed by atoms with E-state index < -0.39 is 0 Å². The maximum absolute atomic E-state index is 11.5. The van der Waals surface area contributed by atoms with Crippen LogP contribution < -0.4 is 0 Å². The Labute approximate surface area is 97.5 Å². The molecule has 4 heteroatoms. The van der Waals surface area contributed by atoms with Gasteiger partial charge in [-0.3, -0.25) is 0 Å². The van der Waals surface area contributed by atoms with Crippen molar-refractivity contribution >= 4 is 28.5 Å². The van der Waals surface area contributed by atoms with Gasteiger partial charge in [0.05, 0.1) is 18.4 Å². The highest BCUT2D eigenvalue weighted by atomic mass is 16.5. The van der Waals surface area contributed by atoms with E-state index in [1.165, 1.54) is 13.2 Å². The summed E-state index contributed by atoms with van der Waals surface area (Å²) in [5.74, 6) is -0.387. The number of hydrogen-bond donors (Lipinski definition) is 0. The first-order chi connectivity index (χ1) is 8.26. The first-order valence-electron chi connectivity index (χ1n) is 4.95. The number of fused-ring (bicyclic) bond motifs is 1. The van der Waals surface area contributed by atoms with Gasteiger partial charge in [-0.1, -0.05) is 18.2 Å². The average Bonchev–Trinajstić information content (AvgIpc) is 2.37. The number of esters is 1. The summed E-state index contributed by atoms with van der Waals surface area (Å²) in [7, 11) is 1.34. The van der Waals surface area contributed by atoms with Gasteiger partial charge in [-0.15, -0.1) is 0 Å². The molecule has 2 aromatic carbocycles. The third-order valence-corrected chi connectivity index (χ3v) is 2.44. The molecule has 0 aromatic heterocycles. The van der Waals surface area contributed by atoms with Crippen LogP contribution in [0.1, 0.15) is 10.4 Å². The Hall–Kier alpha value is -2.45. The molecule has 84 valence electrons. The van der Waals surface area contributed by atoms with E-state index in [9.17, 15) is 9.59 Å². The highest BCUT2D eigenvalue weighted by Gasteiger charge is 2.09. The lowest BCUT2D eigenvalue weighted by Gasteiger charge is -2.04. The number of nitrogens with zero attached hydrogens (tertiary/aromatic N) is 1. The summed E-state index contributed by atoms with van der Waals surface area (Å²) in [6.07, 6.45) is 1.48. The van der Waals surface area contributed by atoms with Crippen LogP contribution in [0.5, 0.6) is 0 Å². The van der Waals surface area contributed by atoms with Gasteiger partial charge in [0.25, 0.3) is 0 Å². The Bertz CT molecular complexity index is 628. The lowest BCUT2D eigenvalue weighted by molar-refractivity contribution is 0.0603. The van der Waals surface area contributed by atoms with Crippen LogP contribution in [-0.2, 0) is 9.53 Å². The Kier molecular flexibility index (Phi) is 2.99. The summed E-state index contributed by atoms with van der Waals surface area (Å²) < 4.78 is 4.70. The SMILES string of the molecule is COC(=O)c1cccc2cc(N=C=O)ccc12. The Morgan fingerprint density at radius 2 is 2.12 bits per heavy atom. The van der Waals surface area contributed by atoms with Crippen LogP contribution in [0, 0.1) is 0 Å². The lowest BCUT2D eigenvalue weighted by Crippen LogP contribution is -2.01. The minimum atomic E-state index is -0.387. The van der Waals surface area contributed by atoms with Crippen molar-refractivity contribution in [3.8, 4) is 0 Å². The third kappa shape index (κ3) is 2.07. The summed E-state index contributed by atoms with van der Waals surface area (Å²) in [6.45, 7) is 0. The van der Waals surface area contributed by atoms with E-state index in [2.05, 4.69) is 4.99 Å². The van der Waals surface area contributed by atoms with Crippen LogP contribution in [0.25, 0.3) is 10.8 Å². The summed E-state index contributed by atoms with van der Waals surface area (Å²) in [4.78, 5) is 25.2. The fourth-order valence-corrected chi connectivity index (χ4v) is 1.68. The molecule has 0 saturated carbocycles. The molecule has 2 rings (SSSR count). The molecule has 0 aliphatic rings. The number of methoxy groups -OCH3 is 1. The topological polar surface area (TPSA) is 55.7 Å². The van der Waals surface area contributed by atoms with E-state index in [0.717, 1.165) is 10.8 Å². The predicted octanol–water partition coefficient (Wildman–Crippen LogP) is 2.59. The predicted molar refractivity (Wildman–Crippen MR) is 63.1 cm³/mol. The normalized spacial score (nSPS) is 9.71. The van der Waals surface area contributed by atoms with Gasteiger partial charge in [0, 0.05) is 0 Å². The second kappa shape index (κ2) is 4.60. The standard InChI is InChI=1S/C13H9NO3/c1-17-13(16)12-4-2-3-9-7-10(14-8-15)5-6-11(9)12/h2-7H,1H3. The third-order valence-electron chi connectivity index (χ3n) is 2.44. The first-order valence-corrected chi connectivity index (χ1v) is 4.95. The van der Waals surface area contributed by atoms with Crippen LogP contribution in [-0.4, -0.2) is 19.2 Å². The van der Waals surface area contributed by atoms with Gasteiger partial charge in [-0.2, -0.15) is 4.99 Å². The summed E-state index contributed by atoms with van der Waals surface area (Å²) in [5, 5.41) is 1.59. The van der Waals surface area contributed by atoms with Crippen molar-refractivity contribution in [2.24, 2.45) is 4.99 Å². The van der Waals surface area contributed by atoms with Gasteiger partial charge >= 0.3 is 5.97 Å². The van der Waals surface area contributed by atoms with Crippen molar-refractivity contribution in [2.45, 2.75) is 0 Å². The number of hydrogen-bond acceptors (Lipinski definition) is 4. The lowest BCUT2D eigenvalue weighted by atomic mass is 10.0. The average molecular weight is 227 g/mol. The smallest absolute Gasteiger partial charge is 0.338 e. The van der Waals surface area contributed by atoms with Crippen LogP contribution in [0.4, 0.5) is 5.69 Å². The molecule has 0 fully saturated rings. The van der Waals surface area contributed by atoms with Crippen LogP contribution in [0.3, 0.4) is 0 Å². The zero-order valence-corrected chi connectivity index (χ0v) is 9.14. The quantitative estimate of drug-likeness (QED) is 0.450. The number of ether oxygens (including phenoxy) is 1. The van der Waals surface area contributed by atoms with Gasteiger partial charge in [-0.05, 0) is 29.0 Å². The van der Waals surface area contributed by atoms with Gasteiger partial charge in [-0.25, -0.2) is 9.59 Å². The van der Waals surface area contributed by atoms with E-state index in [1.807, 2.05) is 6.07 Å². The maximum atomic E-state index is 11.5. The molecule has 0 amide bonds. The molecule has 4 nitrogen and oxygen atoms in total. The van der Waals surface area contributed by atoms with Crippen LogP contribution >= 0.6 is 0 Å². The molecule has 0 bridgehead atoms. The molecule has 0 atom stereocenters. The molecule has 2 aromatic rings. The minimum Gasteiger partial charge on any atom is -0.465 e. The maximum Gasteiger partial charge on any atom is 0.338 e. The molecule has 0 radical (unpaired) electrons. The molecule has 17 heavy (non-hydrogen) atoms. The molecular formula is C13H9NO3. The number of benzene rings is 2. The molecule has 0 heterocycles. The van der Waals surface area contributed by atoms with E-state index in [0.29, 0.717) is 11.3 Å². The Morgan fingerprint density at radius 1 is 1.29 bits per heavy atom. The fraction of sp³-hybridized carbons (Fsp3) is 0.0769. The summed E-state index contributed by atoms with van der Waals surface area (Å²) in [6, 6.07) is 10.4. The van der Waals surface area contributed by atoms with Crippen molar-refractivity contribution in [3.05, 3.63) is 42.0 Å². The van der Waals surface area contributed by atoms with Crippen molar-refractivity contribution in [1.82, 2.24) is 0 Å². The van der Waals surface area contributed by atoms with Gasteiger partial charge in [0.2, 0.25) is 6.08 Å². The van der Waals surface area contributed by atoms with Crippen LogP contribution in [0.2, 0.25) is 0 Å². The second-order valence-electron chi connectivity index (χ2n) is 3.41. The molecule has 0 spiro atoms. The van der Waals surface area contributed by atoms with Crippen molar-refractivity contribution in [1.29, 1.82) is 0 Å². The highest BCUT2D eigenvalue weighted by molar-refractivity contribution is 6.05. The number of carbonyl (C=O) groups is 1. The molecule has 0 aliphatic carbocycles. The Balaban J connectivity index is 2.66. The minimum absolute atomic E-state index is 0.387. The van der Waals surface area contributed by atoms with Gasteiger partial charge < -0.3 is 4.74 Å². The van der Waals surface area contributed by atoms with E-state index >= 15 is 0 Å². The summed E-state index contributed by atoms with van der Waals surface area (Å²) >= 11 is 0. The second-order valence-corrected chi connectivity index (χ2v) is 3.41. The number of aliphatic imine (C=N–C) groups is 1. The fourth-order valence-electron chi connectivity index (χ4n) is 1.68. The number of rotatable bonds is 2. The number of carbonyl (C=O) groups excluding carboxylic acids is 2. The Morgan fingerprint density at radius 3 is 2.82 bits per heavy atom. The van der Waals surface area contributed by atoms with E-state index in [1.54, 1.807) is 30.3 Å². The molecule has 0 unspecified atom stereocenters. The molecule has 0 aliphatic heterocycles. The van der Waals surface area contributed by atoms with E-state index in [4.69, 9.17) is 4.74 Å². The molecular weight excluding hydrogens is 218 g/mol. The number of isocyanates is 1. The molecule has 0 saturated heterocycles. The zero-order chi connectivity index (χ0) is 12.3. The van der Waals surface area contributed by atoms with Crippen molar-refractivity contribution in [2.75, 3.05) is 7.11 Å². The highest BCUT2D eigenvalue weighted by Crippen LogP contribution is 2.24. The monoisotopic (exact) mass is 227 g/mol. The van der Waals surface area contributed by atoms with Gasteiger partial charge in [0.15, 0.2) is 0 Å². The zero-order valence-electron chi connectivity index (χ0n) is 9.14. The first kappa shape index (κ1) is 11.0. The van der Waals surface area contributed by atoms with E-state index in [-0.39, 0.29) is 5.97 Å². The summed E-state index contributed by atoms with van der Waals surface area (Å²) in [5.41, 5.74) is 1.00.